The van der Waals surface area contributed by atoms with Gasteiger partial charge < -0.3 is 10.6 Å². The van der Waals surface area contributed by atoms with Gasteiger partial charge in [0.1, 0.15) is 0 Å². The van der Waals surface area contributed by atoms with E-state index in [1.54, 1.807) is 22.7 Å². The molecule has 6 nitrogen and oxygen atoms in total. The molecular weight excluding hydrogens is 447 g/mol. The molecule has 0 aliphatic carbocycles. The minimum absolute atomic E-state index is 0. The van der Waals surface area contributed by atoms with Crippen LogP contribution < -0.4 is 10.6 Å². The Bertz CT molecular complexity index is 616. The lowest BCUT2D eigenvalue weighted by molar-refractivity contribution is 0.445. The summed E-state index contributed by atoms with van der Waals surface area (Å²) in [5.41, 5.74) is 0. The fourth-order valence-electron chi connectivity index (χ4n) is 2.34. The van der Waals surface area contributed by atoms with Gasteiger partial charge in [-0.25, -0.2) is 12.7 Å². The molecule has 1 aliphatic heterocycles. The Morgan fingerprint density at radius 3 is 2.65 bits per heavy atom. The van der Waals surface area contributed by atoms with Crippen LogP contribution in [-0.4, -0.2) is 51.1 Å². The van der Waals surface area contributed by atoms with Gasteiger partial charge in [-0.3, -0.25) is 4.99 Å². The van der Waals surface area contributed by atoms with E-state index < -0.39 is 10.0 Å². The van der Waals surface area contributed by atoms with Gasteiger partial charge in [0, 0.05) is 36.4 Å². The van der Waals surface area contributed by atoms with Crippen LogP contribution in [0.15, 0.2) is 17.1 Å². The normalized spacial score (nSPS) is 17.7. The number of hydrogen-bond donors (Lipinski definition) is 2. The number of thiophene rings is 1. The van der Waals surface area contributed by atoms with Crippen LogP contribution in [0.25, 0.3) is 0 Å². The number of aryl methyl sites for hydroxylation is 1. The molecule has 2 rings (SSSR count). The number of guanidine groups is 1. The van der Waals surface area contributed by atoms with Crippen LogP contribution in [0.5, 0.6) is 0 Å². The summed E-state index contributed by atoms with van der Waals surface area (Å²) in [4.78, 5) is 6.80. The predicted molar refractivity (Wildman–Crippen MR) is 107 cm³/mol. The van der Waals surface area contributed by atoms with Gasteiger partial charge in [-0.15, -0.1) is 35.3 Å². The fraction of sp³-hybridized carbons (Fsp3) is 0.643. The molecule has 1 aromatic rings. The van der Waals surface area contributed by atoms with Crippen molar-refractivity contribution in [2.45, 2.75) is 26.3 Å². The molecular formula is C14H25IN4O2S2. The zero-order chi connectivity index (χ0) is 16.0. The third-order valence-corrected chi connectivity index (χ3v) is 6.76. The van der Waals surface area contributed by atoms with Crippen molar-refractivity contribution >= 4 is 51.3 Å². The highest BCUT2D eigenvalue weighted by molar-refractivity contribution is 14.0. The van der Waals surface area contributed by atoms with Crippen molar-refractivity contribution in [3.8, 4) is 0 Å². The van der Waals surface area contributed by atoms with Crippen LogP contribution >= 0.6 is 35.3 Å². The van der Waals surface area contributed by atoms with Crippen molar-refractivity contribution in [3.63, 3.8) is 0 Å². The first-order valence-electron chi connectivity index (χ1n) is 7.55. The van der Waals surface area contributed by atoms with Gasteiger partial charge in [-0.1, -0.05) is 6.92 Å². The molecule has 2 heterocycles. The maximum Gasteiger partial charge on any atom is 0.214 e. The Labute approximate surface area is 159 Å². The molecule has 1 aliphatic rings. The maximum absolute atomic E-state index is 11.7. The molecule has 23 heavy (non-hydrogen) atoms. The molecule has 1 aromatic heterocycles. The molecule has 0 radical (unpaired) electrons. The molecule has 1 fully saturated rings. The highest BCUT2D eigenvalue weighted by Crippen LogP contribution is 2.16. The van der Waals surface area contributed by atoms with E-state index in [-0.39, 0.29) is 29.7 Å². The van der Waals surface area contributed by atoms with E-state index in [1.165, 1.54) is 9.75 Å². The van der Waals surface area contributed by atoms with Crippen LogP contribution in [0.3, 0.4) is 0 Å². The second kappa shape index (κ2) is 9.80. The molecule has 0 atom stereocenters. The van der Waals surface area contributed by atoms with Gasteiger partial charge in [0.15, 0.2) is 5.96 Å². The monoisotopic (exact) mass is 472 g/mol. The quantitative estimate of drug-likeness (QED) is 0.375. The Hall–Kier alpha value is -0.390. The lowest BCUT2D eigenvalue weighted by Gasteiger charge is -2.16. The summed E-state index contributed by atoms with van der Waals surface area (Å²) in [6.07, 6.45) is 1.79. The number of nitrogens with zero attached hydrogens (tertiary/aromatic N) is 2. The van der Waals surface area contributed by atoms with Crippen molar-refractivity contribution in [2.24, 2.45) is 4.99 Å². The van der Waals surface area contributed by atoms with Crippen molar-refractivity contribution < 1.29 is 8.42 Å². The molecule has 0 aromatic carbocycles. The second-order valence-electron chi connectivity index (χ2n) is 5.14. The summed E-state index contributed by atoms with van der Waals surface area (Å²) in [6, 6.07) is 4.27. The first-order valence-corrected chi connectivity index (χ1v) is 9.97. The summed E-state index contributed by atoms with van der Waals surface area (Å²) in [6.45, 7) is 4.55. The summed E-state index contributed by atoms with van der Waals surface area (Å²) >= 11 is 1.80. The van der Waals surface area contributed by atoms with Gasteiger partial charge in [0.25, 0.3) is 0 Å². The first-order chi connectivity index (χ1) is 10.5. The van der Waals surface area contributed by atoms with Crippen LogP contribution in [0.1, 0.15) is 23.1 Å². The molecule has 0 bridgehead atoms. The molecule has 1 saturated heterocycles. The standard InChI is InChI=1S/C14H24N4O2S2.HI/c1-3-12-5-6-13(21-12)11-17-14(15-2)16-7-9-18-8-4-10-22(18,19)20;/h5-6H,3-4,7-11H2,1-2H3,(H2,15,16,17);1H. The molecule has 0 amide bonds. The predicted octanol–water partition coefficient (Wildman–Crippen LogP) is 1.63. The smallest absolute Gasteiger partial charge is 0.214 e. The average molecular weight is 472 g/mol. The van der Waals surface area contributed by atoms with E-state index in [4.69, 9.17) is 0 Å². The second-order valence-corrected chi connectivity index (χ2v) is 8.48. The van der Waals surface area contributed by atoms with Gasteiger partial charge in [0.05, 0.1) is 12.3 Å². The maximum atomic E-state index is 11.7. The molecule has 0 saturated carbocycles. The van der Waals surface area contributed by atoms with Gasteiger partial charge in [-0.2, -0.15) is 0 Å². The van der Waals surface area contributed by atoms with Crippen molar-refractivity contribution in [2.75, 3.05) is 32.4 Å². The van der Waals surface area contributed by atoms with Crippen LogP contribution in [0, 0.1) is 0 Å². The number of hydrogen-bond acceptors (Lipinski definition) is 4. The van der Waals surface area contributed by atoms with Crippen molar-refractivity contribution in [1.82, 2.24) is 14.9 Å². The van der Waals surface area contributed by atoms with Gasteiger partial charge in [0.2, 0.25) is 10.0 Å². The average Bonchev–Trinajstić information content (AvgIpc) is 3.09. The summed E-state index contributed by atoms with van der Waals surface area (Å²) in [5.74, 6) is 0.973. The molecule has 9 heteroatoms. The van der Waals surface area contributed by atoms with Crippen LogP contribution in [0.2, 0.25) is 0 Å². The minimum atomic E-state index is -3.01. The zero-order valence-corrected chi connectivity index (χ0v) is 17.5. The van der Waals surface area contributed by atoms with E-state index in [1.807, 2.05) is 0 Å². The summed E-state index contributed by atoms with van der Waals surface area (Å²) in [7, 11) is -1.30. The molecule has 132 valence electrons. The fourth-order valence-corrected chi connectivity index (χ4v) is 4.77. The Kier molecular flexibility index (Phi) is 8.80. The van der Waals surface area contributed by atoms with Crippen molar-refractivity contribution in [1.29, 1.82) is 0 Å². The number of sulfonamides is 1. The zero-order valence-electron chi connectivity index (χ0n) is 13.5. The topological polar surface area (TPSA) is 73.8 Å². The van der Waals surface area contributed by atoms with Crippen molar-refractivity contribution in [3.05, 3.63) is 21.9 Å². The van der Waals surface area contributed by atoms with Gasteiger partial charge >= 0.3 is 0 Å². The highest BCUT2D eigenvalue weighted by atomic mass is 127. The van der Waals surface area contributed by atoms with E-state index in [2.05, 4.69) is 34.7 Å². The first kappa shape index (κ1) is 20.7. The lowest BCUT2D eigenvalue weighted by Crippen LogP contribution is -2.41. The summed E-state index contributed by atoms with van der Waals surface area (Å²) in [5, 5.41) is 6.41. The molecule has 2 N–H and O–H groups in total. The SMILES string of the molecule is CCc1ccc(CNC(=NC)NCCN2CCCS2(=O)=O)s1.I. The van der Waals surface area contributed by atoms with E-state index in [0.717, 1.165) is 19.4 Å². The molecule has 0 spiro atoms. The highest BCUT2D eigenvalue weighted by Gasteiger charge is 2.27. The van der Waals surface area contributed by atoms with Crippen LogP contribution in [0.4, 0.5) is 0 Å². The van der Waals surface area contributed by atoms with E-state index in [9.17, 15) is 8.42 Å². The molecule has 0 unspecified atom stereocenters. The number of nitrogens with one attached hydrogen (secondary N) is 2. The Balaban J connectivity index is 0.00000264. The Morgan fingerprint density at radius 2 is 2.09 bits per heavy atom. The van der Waals surface area contributed by atoms with Crippen LogP contribution in [-0.2, 0) is 23.0 Å². The summed E-state index contributed by atoms with van der Waals surface area (Å²) < 4.78 is 24.9. The number of aliphatic imine (C=N–C) groups is 1. The van der Waals surface area contributed by atoms with E-state index in [0.29, 0.717) is 25.6 Å². The van der Waals surface area contributed by atoms with Gasteiger partial charge in [-0.05, 0) is 25.0 Å². The lowest BCUT2D eigenvalue weighted by atomic mass is 10.4. The van der Waals surface area contributed by atoms with E-state index >= 15 is 0 Å². The Morgan fingerprint density at radius 1 is 1.35 bits per heavy atom. The third kappa shape index (κ3) is 6.20. The number of halogens is 1. The number of rotatable bonds is 6. The largest absolute Gasteiger partial charge is 0.355 e. The minimum Gasteiger partial charge on any atom is -0.355 e. The third-order valence-electron chi connectivity index (χ3n) is 3.58.